The van der Waals surface area contributed by atoms with Crippen molar-refractivity contribution in [3.05, 3.63) is 48.0 Å². The van der Waals surface area contributed by atoms with Gasteiger partial charge in [0, 0.05) is 25.0 Å². The van der Waals surface area contributed by atoms with Crippen LogP contribution in [0, 0.1) is 5.92 Å². The Morgan fingerprint density at radius 3 is 2.50 bits per heavy atom. The van der Waals surface area contributed by atoms with Crippen LogP contribution in [0.4, 0.5) is 0 Å². The van der Waals surface area contributed by atoms with Crippen LogP contribution in [0.2, 0.25) is 0 Å². The molecule has 0 saturated heterocycles. The number of nitrogens with one attached hydrogen (secondary N) is 1. The molecule has 0 aliphatic carbocycles. The lowest BCUT2D eigenvalue weighted by atomic mass is 10.0. The van der Waals surface area contributed by atoms with Crippen LogP contribution in [0.1, 0.15) is 43.0 Å². The molecule has 0 aliphatic heterocycles. The Morgan fingerprint density at radius 1 is 1.32 bits per heavy atom. The average molecular weight is 301 g/mol. The summed E-state index contributed by atoms with van der Waals surface area (Å²) in [7, 11) is 1.93. The number of hydrogen-bond donors (Lipinski definition) is 1. The van der Waals surface area contributed by atoms with Crippen molar-refractivity contribution in [3.63, 3.8) is 0 Å². The molecule has 118 valence electrons. The second-order valence-corrected chi connectivity index (χ2v) is 5.55. The summed E-state index contributed by atoms with van der Waals surface area (Å²) in [5.41, 5.74) is 0.614. The van der Waals surface area contributed by atoms with E-state index in [1.807, 2.05) is 36.9 Å². The van der Waals surface area contributed by atoms with E-state index in [9.17, 15) is 4.79 Å². The van der Waals surface area contributed by atoms with Crippen molar-refractivity contribution in [3.8, 4) is 5.75 Å². The molecule has 0 saturated carbocycles. The van der Waals surface area contributed by atoms with Crippen molar-refractivity contribution in [2.45, 2.75) is 26.8 Å². The van der Waals surface area contributed by atoms with Crippen LogP contribution in [0.3, 0.4) is 0 Å². The number of rotatable bonds is 6. The molecule has 0 bridgehead atoms. The van der Waals surface area contributed by atoms with Gasteiger partial charge in [0.25, 0.3) is 5.91 Å². The minimum Gasteiger partial charge on any atom is -0.494 e. The first-order valence-electron chi connectivity index (χ1n) is 7.53. The Bertz CT molecular complexity index is 617. The van der Waals surface area contributed by atoms with Gasteiger partial charge in [0.15, 0.2) is 0 Å². The molecule has 0 spiro atoms. The summed E-state index contributed by atoms with van der Waals surface area (Å²) in [5, 5.41) is 3.06. The standard InChI is InChI=1S/C17H23N3O2/c1-5-22-14-8-6-13(7-9-14)17(21)19-15(12(2)3)16-18-10-11-20(16)4/h6-12,15H,5H2,1-4H3,(H,19,21)/t15-/m1/s1. The van der Waals surface area contributed by atoms with Gasteiger partial charge in [0.05, 0.1) is 12.6 Å². The van der Waals surface area contributed by atoms with Gasteiger partial charge in [-0.05, 0) is 37.1 Å². The summed E-state index contributed by atoms with van der Waals surface area (Å²) >= 11 is 0. The molecule has 1 N–H and O–H groups in total. The van der Waals surface area contributed by atoms with E-state index >= 15 is 0 Å². The van der Waals surface area contributed by atoms with Gasteiger partial charge in [-0.3, -0.25) is 4.79 Å². The fourth-order valence-electron chi connectivity index (χ4n) is 2.30. The Labute approximate surface area is 131 Å². The molecule has 0 unspecified atom stereocenters. The van der Waals surface area contributed by atoms with Crippen molar-refractivity contribution >= 4 is 5.91 Å². The number of aryl methyl sites for hydroxylation is 1. The van der Waals surface area contributed by atoms with Crippen LogP contribution >= 0.6 is 0 Å². The second-order valence-electron chi connectivity index (χ2n) is 5.55. The van der Waals surface area contributed by atoms with Crippen LogP contribution in [-0.2, 0) is 7.05 Å². The predicted octanol–water partition coefficient (Wildman–Crippen LogP) is 2.95. The second kappa shape index (κ2) is 7.11. The highest BCUT2D eigenvalue weighted by atomic mass is 16.5. The molecular formula is C17H23N3O2. The number of benzene rings is 1. The van der Waals surface area contributed by atoms with Crippen LogP contribution in [0.25, 0.3) is 0 Å². The molecule has 0 aliphatic rings. The number of nitrogens with zero attached hydrogens (tertiary/aromatic N) is 2. The molecule has 1 aromatic carbocycles. The molecule has 1 atom stereocenters. The first-order chi connectivity index (χ1) is 10.5. The molecule has 1 heterocycles. The number of hydrogen-bond acceptors (Lipinski definition) is 3. The van der Waals surface area contributed by atoms with E-state index in [1.165, 1.54) is 0 Å². The number of carbonyl (C=O) groups excluding carboxylic acids is 1. The highest BCUT2D eigenvalue weighted by Gasteiger charge is 2.22. The molecule has 5 nitrogen and oxygen atoms in total. The van der Waals surface area contributed by atoms with Crippen molar-refractivity contribution in [2.24, 2.45) is 13.0 Å². The summed E-state index contributed by atoms with van der Waals surface area (Å²) in [6.07, 6.45) is 3.63. The topological polar surface area (TPSA) is 56.1 Å². The molecular weight excluding hydrogens is 278 g/mol. The van der Waals surface area contributed by atoms with Crippen molar-refractivity contribution in [1.82, 2.24) is 14.9 Å². The Hall–Kier alpha value is -2.30. The van der Waals surface area contributed by atoms with E-state index in [0.29, 0.717) is 12.2 Å². The molecule has 22 heavy (non-hydrogen) atoms. The van der Waals surface area contributed by atoms with E-state index in [1.54, 1.807) is 18.3 Å². The smallest absolute Gasteiger partial charge is 0.251 e. The van der Waals surface area contributed by atoms with Gasteiger partial charge in [-0.25, -0.2) is 4.98 Å². The first kappa shape index (κ1) is 16.1. The third kappa shape index (κ3) is 3.67. The zero-order chi connectivity index (χ0) is 16.1. The maximum Gasteiger partial charge on any atom is 0.251 e. The predicted molar refractivity (Wildman–Crippen MR) is 85.9 cm³/mol. The third-order valence-electron chi connectivity index (χ3n) is 3.52. The summed E-state index contributed by atoms with van der Waals surface area (Å²) in [4.78, 5) is 16.8. The van der Waals surface area contributed by atoms with E-state index in [-0.39, 0.29) is 17.9 Å². The fourth-order valence-corrected chi connectivity index (χ4v) is 2.30. The lowest BCUT2D eigenvalue weighted by Gasteiger charge is -2.22. The summed E-state index contributed by atoms with van der Waals surface area (Å²) in [6.45, 7) is 6.68. The highest BCUT2D eigenvalue weighted by molar-refractivity contribution is 5.94. The molecule has 5 heteroatoms. The number of imidazole rings is 1. The normalized spacial score (nSPS) is 12.2. The average Bonchev–Trinajstić information content (AvgIpc) is 2.91. The van der Waals surface area contributed by atoms with Gasteiger partial charge in [-0.2, -0.15) is 0 Å². The van der Waals surface area contributed by atoms with Crippen molar-refractivity contribution < 1.29 is 9.53 Å². The Kier molecular flexibility index (Phi) is 5.20. The quantitative estimate of drug-likeness (QED) is 0.892. The molecule has 1 amide bonds. The minimum absolute atomic E-state index is 0.107. The Morgan fingerprint density at radius 2 is 2.00 bits per heavy atom. The minimum atomic E-state index is -0.126. The molecule has 2 aromatic rings. The summed E-state index contributed by atoms with van der Waals surface area (Å²) in [5.74, 6) is 1.76. The van der Waals surface area contributed by atoms with Crippen LogP contribution < -0.4 is 10.1 Å². The highest BCUT2D eigenvalue weighted by Crippen LogP contribution is 2.20. The molecule has 0 radical (unpaired) electrons. The maximum atomic E-state index is 12.4. The zero-order valence-electron chi connectivity index (χ0n) is 13.5. The van der Waals surface area contributed by atoms with Gasteiger partial charge in [-0.15, -0.1) is 0 Å². The van der Waals surface area contributed by atoms with Gasteiger partial charge < -0.3 is 14.6 Å². The van der Waals surface area contributed by atoms with E-state index in [4.69, 9.17) is 4.74 Å². The number of carbonyl (C=O) groups is 1. The summed E-state index contributed by atoms with van der Waals surface area (Å²) in [6, 6.07) is 7.04. The first-order valence-corrected chi connectivity index (χ1v) is 7.53. The molecule has 1 aromatic heterocycles. The van der Waals surface area contributed by atoms with Gasteiger partial charge in [-0.1, -0.05) is 13.8 Å². The SMILES string of the molecule is CCOc1ccc(C(=O)N[C@@H](c2nccn2C)C(C)C)cc1. The van der Waals surface area contributed by atoms with Crippen molar-refractivity contribution in [2.75, 3.05) is 6.61 Å². The summed E-state index contributed by atoms with van der Waals surface area (Å²) < 4.78 is 7.32. The number of amides is 1. The third-order valence-corrected chi connectivity index (χ3v) is 3.52. The lowest BCUT2D eigenvalue weighted by Crippen LogP contribution is -2.33. The maximum absolute atomic E-state index is 12.4. The fraction of sp³-hybridized carbons (Fsp3) is 0.412. The molecule has 2 rings (SSSR count). The number of ether oxygens (including phenoxy) is 1. The number of aromatic nitrogens is 2. The van der Waals surface area contributed by atoms with E-state index in [0.717, 1.165) is 11.6 Å². The van der Waals surface area contributed by atoms with Crippen molar-refractivity contribution in [1.29, 1.82) is 0 Å². The Balaban J connectivity index is 2.13. The largest absolute Gasteiger partial charge is 0.494 e. The van der Waals surface area contributed by atoms with E-state index < -0.39 is 0 Å². The molecule has 0 fully saturated rings. The van der Waals surface area contributed by atoms with E-state index in [2.05, 4.69) is 24.1 Å². The van der Waals surface area contributed by atoms with Gasteiger partial charge >= 0.3 is 0 Å². The van der Waals surface area contributed by atoms with Crippen LogP contribution in [0.15, 0.2) is 36.7 Å². The monoisotopic (exact) mass is 301 g/mol. The van der Waals surface area contributed by atoms with Crippen LogP contribution in [0.5, 0.6) is 5.75 Å². The van der Waals surface area contributed by atoms with Gasteiger partial charge in [0.2, 0.25) is 0 Å². The van der Waals surface area contributed by atoms with Gasteiger partial charge in [0.1, 0.15) is 11.6 Å². The zero-order valence-corrected chi connectivity index (χ0v) is 13.5. The van der Waals surface area contributed by atoms with Crippen LogP contribution in [-0.4, -0.2) is 22.1 Å². The lowest BCUT2D eigenvalue weighted by molar-refractivity contribution is 0.0922.